The van der Waals surface area contributed by atoms with Gasteiger partial charge in [0.2, 0.25) is 5.89 Å². The Morgan fingerprint density at radius 3 is 2.47 bits per heavy atom. The second kappa shape index (κ2) is 3.94. The average molecular weight is 231 g/mol. The molecule has 0 bridgehead atoms. The van der Waals surface area contributed by atoms with Gasteiger partial charge in [-0.25, -0.2) is 8.78 Å². The predicted octanol–water partition coefficient (Wildman–Crippen LogP) is 2.59. The highest BCUT2D eigenvalue weighted by atomic mass is 35.5. The number of halogens is 3. The van der Waals surface area contributed by atoms with Crippen molar-refractivity contribution in [2.45, 2.75) is 6.42 Å². The molecule has 0 saturated carbocycles. The summed E-state index contributed by atoms with van der Waals surface area (Å²) in [5, 5.41) is 3.22. The van der Waals surface area contributed by atoms with Gasteiger partial charge in [-0.05, 0) is 28.9 Å². The lowest BCUT2D eigenvalue weighted by Gasteiger charge is -2.00. The van der Waals surface area contributed by atoms with Gasteiger partial charge in [-0.3, -0.25) is 0 Å². The van der Waals surface area contributed by atoms with Gasteiger partial charge in [-0.15, -0.1) is 0 Å². The van der Waals surface area contributed by atoms with Gasteiger partial charge in [-0.1, -0.05) is 6.07 Å². The largest absolute Gasteiger partial charge is 0.338 e. The molecule has 0 saturated heterocycles. The van der Waals surface area contributed by atoms with Crippen molar-refractivity contribution in [3.05, 3.63) is 46.6 Å². The smallest absolute Gasteiger partial charge is 0.263 e. The monoisotopic (exact) mass is 230 g/mol. The number of rotatable bonds is 2. The van der Waals surface area contributed by atoms with Gasteiger partial charge in [-0.2, -0.15) is 4.98 Å². The zero-order chi connectivity index (χ0) is 10.8. The third-order valence-electron chi connectivity index (χ3n) is 1.83. The first-order valence-electron chi connectivity index (χ1n) is 4.08. The molecule has 0 spiro atoms. The van der Waals surface area contributed by atoms with Crippen molar-refractivity contribution in [3.63, 3.8) is 0 Å². The van der Waals surface area contributed by atoms with E-state index in [1.807, 2.05) is 0 Å². The van der Waals surface area contributed by atoms with E-state index in [-0.39, 0.29) is 23.2 Å². The van der Waals surface area contributed by atoms with Crippen LogP contribution in [-0.4, -0.2) is 10.1 Å². The maximum atomic E-state index is 13.2. The van der Waals surface area contributed by atoms with Crippen LogP contribution in [0, 0.1) is 11.6 Å². The van der Waals surface area contributed by atoms with Crippen LogP contribution in [-0.2, 0) is 6.42 Å². The van der Waals surface area contributed by atoms with E-state index < -0.39 is 11.6 Å². The van der Waals surface area contributed by atoms with Crippen molar-refractivity contribution in [1.29, 1.82) is 0 Å². The highest BCUT2D eigenvalue weighted by molar-refractivity contribution is 6.28. The van der Waals surface area contributed by atoms with E-state index in [0.717, 1.165) is 12.1 Å². The van der Waals surface area contributed by atoms with Crippen LogP contribution in [0.15, 0.2) is 22.7 Å². The summed E-state index contributed by atoms with van der Waals surface area (Å²) in [6.07, 6.45) is -0.113. The summed E-state index contributed by atoms with van der Waals surface area (Å²) in [5.41, 5.74) is -0.113. The minimum atomic E-state index is -0.649. The minimum absolute atomic E-state index is 0.0731. The van der Waals surface area contributed by atoms with Gasteiger partial charge in [0.25, 0.3) is 5.28 Å². The Morgan fingerprint density at radius 2 is 1.93 bits per heavy atom. The van der Waals surface area contributed by atoms with Crippen LogP contribution in [0.25, 0.3) is 0 Å². The molecular formula is C9H5ClF2N2O. The maximum Gasteiger partial charge on any atom is 0.263 e. The lowest BCUT2D eigenvalue weighted by atomic mass is 10.1. The molecule has 0 aliphatic carbocycles. The van der Waals surface area contributed by atoms with E-state index in [4.69, 9.17) is 11.6 Å². The summed E-state index contributed by atoms with van der Waals surface area (Å²) in [6, 6.07) is 3.61. The molecule has 78 valence electrons. The van der Waals surface area contributed by atoms with Crippen molar-refractivity contribution in [1.82, 2.24) is 10.1 Å². The summed E-state index contributed by atoms with van der Waals surface area (Å²) in [4.78, 5) is 3.64. The Kier molecular flexibility index (Phi) is 2.64. The summed E-state index contributed by atoms with van der Waals surface area (Å²) < 4.78 is 31.0. The molecule has 2 rings (SSSR count). The normalized spacial score (nSPS) is 10.6. The highest BCUT2D eigenvalue weighted by Crippen LogP contribution is 2.16. The second-order valence-corrected chi connectivity index (χ2v) is 3.17. The second-order valence-electron chi connectivity index (χ2n) is 2.83. The van der Waals surface area contributed by atoms with Gasteiger partial charge < -0.3 is 4.52 Å². The fourth-order valence-electron chi connectivity index (χ4n) is 1.16. The lowest BCUT2D eigenvalue weighted by Crippen LogP contribution is -1.97. The van der Waals surface area contributed by atoms with E-state index in [1.165, 1.54) is 6.07 Å². The average Bonchev–Trinajstić information content (AvgIpc) is 2.58. The molecule has 1 aromatic carbocycles. The Morgan fingerprint density at radius 1 is 1.27 bits per heavy atom. The third-order valence-corrected chi connectivity index (χ3v) is 1.99. The molecule has 0 unspecified atom stereocenters. The molecule has 1 aromatic heterocycles. The molecule has 0 fully saturated rings. The summed E-state index contributed by atoms with van der Waals surface area (Å²) >= 11 is 5.40. The molecule has 0 aliphatic rings. The number of hydrogen-bond acceptors (Lipinski definition) is 3. The van der Waals surface area contributed by atoms with Crippen molar-refractivity contribution >= 4 is 11.6 Å². The number of aromatic nitrogens is 2. The van der Waals surface area contributed by atoms with Gasteiger partial charge in [0.1, 0.15) is 11.6 Å². The van der Waals surface area contributed by atoms with Crippen molar-refractivity contribution in [2.24, 2.45) is 0 Å². The molecular weight excluding hydrogens is 226 g/mol. The molecule has 0 amide bonds. The highest BCUT2D eigenvalue weighted by Gasteiger charge is 2.13. The molecule has 1 heterocycles. The fraction of sp³-hybridized carbons (Fsp3) is 0.111. The quantitative estimate of drug-likeness (QED) is 0.796. The Labute approximate surface area is 88.7 Å². The number of hydrogen-bond donors (Lipinski definition) is 0. The van der Waals surface area contributed by atoms with Crippen LogP contribution in [0.1, 0.15) is 11.5 Å². The Hall–Kier alpha value is -1.49. The Bertz CT molecular complexity index is 466. The maximum absolute atomic E-state index is 13.2. The molecule has 6 heteroatoms. The molecule has 3 nitrogen and oxygen atoms in total. The van der Waals surface area contributed by atoms with E-state index in [2.05, 4.69) is 14.7 Å². The summed E-state index contributed by atoms with van der Waals surface area (Å²) in [5.74, 6) is -1.22. The van der Waals surface area contributed by atoms with Gasteiger partial charge >= 0.3 is 0 Å². The summed E-state index contributed by atoms with van der Waals surface area (Å²) in [7, 11) is 0. The topological polar surface area (TPSA) is 38.9 Å². The molecule has 0 N–H and O–H groups in total. The van der Waals surface area contributed by atoms with Crippen molar-refractivity contribution in [3.8, 4) is 0 Å². The number of nitrogens with zero attached hydrogens (tertiary/aromatic N) is 2. The van der Waals surface area contributed by atoms with E-state index in [0.29, 0.717) is 0 Å². The van der Waals surface area contributed by atoms with Crippen LogP contribution in [0.2, 0.25) is 5.28 Å². The standard InChI is InChI=1S/C9H5ClF2N2O/c10-9-13-8(15-14-9)4-5-6(11)2-1-3-7(5)12/h1-3H,4H2. The van der Waals surface area contributed by atoms with E-state index in [1.54, 1.807) is 0 Å². The van der Waals surface area contributed by atoms with E-state index >= 15 is 0 Å². The first-order chi connectivity index (χ1) is 7.16. The van der Waals surface area contributed by atoms with Crippen LogP contribution in [0.3, 0.4) is 0 Å². The van der Waals surface area contributed by atoms with Gasteiger partial charge in [0.15, 0.2) is 0 Å². The third kappa shape index (κ3) is 2.12. The first kappa shape index (κ1) is 10.0. The summed E-state index contributed by atoms with van der Waals surface area (Å²) in [6.45, 7) is 0. The molecule has 0 aliphatic heterocycles. The minimum Gasteiger partial charge on any atom is -0.338 e. The molecule has 15 heavy (non-hydrogen) atoms. The van der Waals surface area contributed by atoms with Crippen LogP contribution in [0.4, 0.5) is 8.78 Å². The zero-order valence-corrected chi connectivity index (χ0v) is 8.13. The van der Waals surface area contributed by atoms with Crippen LogP contribution < -0.4 is 0 Å². The van der Waals surface area contributed by atoms with Crippen LogP contribution in [0.5, 0.6) is 0 Å². The van der Waals surface area contributed by atoms with E-state index in [9.17, 15) is 8.78 Å². The Balaban J connectivity index is 2.31. The van der Waals surface area contributed by atoms with Gasteiger partial charge in [0, 0.05) is 5.56 Å². The fourth-order valence-corrected chi connectivity index (χ4v) is 1.29. The predicted molar refractivity (Wildman–Crippen MR) is 48.5 cm³/mol. The van der Waals surface area contributed by atoms with Crippen LogP contribution >= 0.6 is 11.6 Å². The SMILES string of the molecule is Fc1cccc(F)c1Cc1nc(Cl)no1. The molecule has 0 radical (unpaired) electrons. The lowest BCUT2D eigenvalue weighted by molar-refractivity contribution is 0.381. The number of benzene rings is 1. The zero-order valence-electron chi connectivity index (χ0n) is 7.38. The first-order valence-corrected chi connectivity index (χ1v) is 4.45. The molecule has 2 aromatic rings. The van der Waals surface area contributed by atoms with Gasteiger partial charge in [0.05, 0.1) is 6.42 Å². The molecule has 0 atom stereocenters. The van der Waals surface area contributed by atoms with Crippen molar-refractivity contribution < 1.29 is 13.3 Å². The van der Waals surface area contributed by atoms with Crippen molar-refractivity contribution in [2.75, 3.05) is 0 Å².